The van der Waals surface area contributed by atoms with E-state index in [1.165, 1.54) is 30.0 Å². The molecule has 0 aromatic heterocycles. The number of aliphatic imine (C=N–C) groups is 1. The molecule has 0 heterocycles. The molecule has 28 heavy (non-hydrogen) atoms. The lowest BCUT2D eigenvalue weighted by atomic mass is 10.2. The van der Waals surface area contributed by atoms with Crippen molar-refractivity contribution < 1.29 is 17.3 Å². The average Bonchev–Trinajstić information content (AvgIpc) is 2.66. The standard InChI is InChI=1S/C17H19ClN2O4S2.C2H6/c1-12-9-13(23-7-8-25-17(19)20-2)11-14(10-12)24-26(21,22)16-6-4-3-5-15(16)18;1-2/h3-6,9-11H,7-8H2,1-2H3,(H2,19,20);1-2H3. The van der Waals surface area contributed by atoms with E-state index in [0.717, 1.165) is 5.56 Å². The molecular weight excluding hydrogens is 420 g/mol. The van der Waals surface area contributed by atoms with Crippen LogP contribution in [0.25, 0.3) is 0 Å². The van der Waals surface area contributed by atoms with Crippen molar-refractivity contribution in [3.8, 4) is 11.5 Å². The zero-order valence-corrected chi connectivity index (χ0v) is 18.7. The summed E-state index contributed by atoms with van der Waals surface area (Å²) in [6, 6.07) is 11.0. The van der Waals surface area contributed by atoms with E-state index >= 15 is 0 Å². The van der Waals surface area contributed by atoms with Crippen LogP contribution >= 0.6 is 23.4 Å². The fourth-order valence-corrected chi connectivity index (χ4v) is 3.95. The van der Waals surface area contributed by atoms with E-state index in [1.54, 1.807) is 31.3 Å². The van der Waals surface area contributed by atoms with Gasteiger partial charge in [-0.2, -0.15) is 8.42 Å². The van der Waals surface area contributed by atoms with Gasteiger partial charge in [0.2, 0.25) is 0 Å². The van der Waals surface area contributed by atoms with Crippen LogP contribution < -0.4 is 14.7 Å². The van der Waals surface area contributed by atoms with E-state index in [2.05, 4.69) is 4.99 Å². The molecule has 0 radical (unpaired) electrons. The molecule has 2 rings (SSSR count). The Morgan fingerprint density at radius 2 is 1.82 bits per heavy atom. The fraction of sp³-hybridized carbons (Fsp3) is 0.316. The Morgan fingerprint density at radius 1 is 1.18 bits per heavy atom. The van der Waals surface area contributed by atoms with Gasteiger partial charge in [-0.05, 0) is 36.8 Å². The van der Waals surface area contributed by atoms with Gasteiger partial charge in [-0.3, -0.25) is 4.99 Å². The number of benzene rings is 2. The van der Waals surface area contributed by atoms with Crippen molar-refractivity contribution >= 4 is 38.6 Å². The lowest BCUT2D eigenvalue weighted by molar-refractivity contribution is 0.342. The number of hydrogen-bond donors (Lipinski definition) is 1. The van der Waals surface area contributed by atoms with Crippen molar-refractivity contribution in [3.05, 3.63) is 53.1 Å². The van der Waals surface area contributed by atoms with Crippen LogP contribution in [0.4, 0.5) is 0 Å². The van der Waals surface area contributed by atoms with Crippen molar-refractivity contribution in [3.63, 3.8) is 0 Å². The average molecular weight is 445 g/mol. The van der Waals surface area contributed by atoms with E-state index in [-0.39, 0.29) is 15.7 Å². The summed E-state index contributed by atoms with van der Waals surface area (Å²) in [5, 5.41) is 0.580. The minimum Gasteiger partial charge on any atom is -0.493 e. The lowest BCUT2D eigenvalue weighted by Crippen LogP contribution is -2.11. The molecule has 6 nitrogen and oxygen atoms in total. The monoisotopic (exact) mass is 444 g/mol. The Kier molecular flexibility index (Phi) is 10.2. The second kappa shape index (κ2) is 11.8. The number of thioether (sulfide) groups is 1. The number of rotatable bonds is 7. The minimum absolute atomic E-state index is 0.0867. The molecule has 0 saturated heterocycles. The molecule has 0 unspecified atom stereocenters. The summed E-state index contributed by atoms with van der Waals surface area (Å²) in [5.74, 6) is 1.27. The molecule has 0 bridgehead atoms. The van der Waals surface area contributed by atoms with Gasteiger partial charge in [0.1, 0.15) is 16.4 Å². The number of aryl methyl sites for hydroxylation is 1. The second-order valence-corrected chi connectivity index (χ2v) is 8.25. The molecule has 0 aliphatic rings. The number of halogens is 1. The fourth-order valence-electron chi connectivity index (χ4n) is 2.03. The SMILES string of the molecule is CC.CN=C(N)SCCOc1cc(C)cc(OS(=O)(=O)c2ccccc2Cl)c1. The second-order valence-electron chi connectivity index (χ2n) is 5.21. The summed E-state index contributed by atoms with van der Waals surface area (Å²) in [6.45, 7) is 6.21. The number of nitrogens with two attached hydrogens (primary N) is 1. The molecule has 2 aromatic rings. The Labute approximate surface area is 176 Å². The van der Waals surface area contributed by atoms with Crippen LogP contribution in [0.15, 0.2) is 52.4 Å². The van der Waals surface area contributed by atoms with Crippen molar-refractivity contribution in [2.45, 2.75) is 25.7 Å². The van der Waals surface area contributed by atoms with Crippen LogP contribution in [-0.4, -0.2) is 33.0 Å². The van der Waals surface area contributed by atoms with Gasteiger partial charge in [0.25, 0.3) is 0 Å². The van der Waals surface area contributed by atoms with Gasteiger partial charge in [-0.15, -0.1) is 0 Å². The van der Waals surface area contributed by atoms with Gasteiger partial charge in [0.05, 0.1) is 11.6 Å². The Morgan fingerprint density at radius 3 is 2.46 bits per heavy atom. The van der Waals surface area contributed by atoms with Crippen LogP contribution in [0.1, 0.15) is 19.4 Å². The normalized spacial score (nSPS) is 11.4. The predicted octanol–water partition coefficient (Wildman–Crippen LogP) is 4.50. The third-order valence-corrected chi connectivity index (χ3v) is 5.76. The van der Waals surface area contributed by atoms with Crippen LogP contribution in [-0.2, 0) is 10.1 Å². The van der Waals surface area contributed by atoms with E-state index in [1.807, 2.05) is 20.8 Å². The number of hydrogen-bond acceptors (Lipinski definition) is 6. The van der Waals surface area contributed by atoms with E-state index in [9.17, 15) is 8.42 Å². The maximum absolute atomic E-state index is 12.4. The van der Waals surface area contributed by atoms with Crippen LogP contribution in [0.3, 0.4) is 0 Å². The van der Waals surface area contributed by atoms with Crippen molar-refractivity contribution in [2.75, 3.05) is 19.4 Å². The largest absolute Gasteiger partial charge is 0.493 e. The zero-order valence-electron chi connectivity index (χ0n) is 16.3. The van der Waals surface area contributed by atoms with Gasteiger partial charge in [-0.1, -0.05) is 49.3 Å². The molecule has 9 heteroatoms. The number of nitrogens with zero attached hydrogens (tertiary/aromatic N) is 1. The van der Waals surface area contributed by atoms with E-state index < -0.39 is 10.1 Å². The molecule has 0 atom stereocenters. The molecule has 2 aromatic carbocycles. The Bertz CT molecular complexity index is 903. The molecular formula is C19H25ClN2O4S2. The first-order valence-electron chi connectivity index (χ1n) is 8.60. The highest BCUT2D eigenvalue weighted by Gasteiger charge is 2.20. The van der Waals surface area contributed by atoms with Crippen molar-refractivity contribution in [1.82, 2.24) is 0 Å². The first-order chi connectivity index (χ1) is 13.3. The van der Waals surface area contributed by atoms with Crippen LogP contribution in [0.5, 0.6) is 11.5 Å². The summed E-state index contributed by atoms with van der Waals surface area (Å²) in [4.78, 5) is 3.76. The summed E-state index contributed by atoms with van der Waals surface area (Å²) >= 11 is 7.33. The Balaban J connectivity index is 0.00000190. The van der Waals surface area contributed by atoms with Crippen LogP contribution in [0, 0.1) is 6.92 Å². The molecule has 154 valence electrons. The van der Waals surface area contributed by atoms with Crippen LogP contribution in [0.2, 0.25) is 5.02 Å². The molecule has 2 N–H and O–H groups in total. The summed E-state index contributed by atoms with van der Waals surface area (Å²) in [6.07, 6.45) is 0. The van der Waals surface area contributed by atoms with Gasteiger partial charge in [-0.25, -0.2) is 0 Å². The quantitative estimate of drug-likeness (QED) is 0.292. The van der Waals surface area contributed by atoms with Crippen molar-refractivity contribution in [1.29, 1.82) is 0 Å². The first-order valence-corrected chi connectivity index (χ1v) is 11.4. The van der Waals surface area contributed by atoms with Crippen molar-refractivity contribution in [2.24, 2.45) is 10.7 Å². The smallest absolute Gasteiger partial charge is 0.340 e. The summed E-state index contributed by atoms with van der Waals surface area (Å²) < 4.78 is 35.7. The molecule has 0 fully saturated rings. The van der Waals surface area contributed by atoms with E-state index in [0.29, 0.717) is 23.3 Å². The third-order valence-electron chi connectivity index (χ3n) is 3.16. The maximum Gasteiger partial charge on any atom is 0.340 e. The first kappa shape index (κ1) is 24.1. The zero-order chi connectivity index (χ0) is 21.2. The lowest BCUT2D eigenvalue weighted by Gasteiger charge is -2.11. The molecule has 0 amide bonds. The van der Waals surface area contributed by atoms with Gasteiger partial charge in [0.15, 0.2) is 5.17 Å². The molecule has 0 saturated carbocycles. The summed E-state index contributed by atoms with van der Waals surface area (Å²) in [7, 11) is -2.42. The topological polar surface area (TPSA) is 91.0 Å². The Hall–Kier alpha value is -1.90. The third kappa shape index (κ3) is 7.61. The number of amidine groups is 1. The highest BCUT2D eigenvalue weighted by Crippen LogP contribution is 2.28. The van der Waals surface area contributed by atoms with Gasteiger partial charge >= 0.3 is 10.1 Å². The minimum atomic E-state index is -4.04. The molecule has 0 spiro atoms. The number of ether oxygens (including phenoxy) is 1. The molecule has 0 aliphatic carbocycles. The highest BCUT2D eigenvalue weighted by atomic mass is 35.5. The maximum atomic E-state index is 12.4. The summed E-state index contributed by atoms with van der Waals surface area (Å²) in [5.41, 5.74) is 6.40. The highest BCUT2D eigenvalue weighted by molar-refractivity contribution is 8.13. The predicted molar refractivity (Wildman–Crippen MR) is 117 cm³/mol. The van der Waals surface area contributed by atoms with Gasteiger partial charge < -0.3 is 14.7 Å². The van der Waals surface area contributed by atoms with E-state index in [4.69, 9.17) is 26.3 Å². The molecule has 0 aliphatic heterocycles. The van der Waals surface area contributed by atoms with Gasteiger partial charge in [0, 0.05) is 18.9 Å².